The van der Waals surface area contributed by atoms with Crippen LogP contribution in [0.1, 0.15) is 51.7 Å². The number of rotatable bonds is 4. The first kappa shape index (κ1) is 24.9. The van der Waals surface area contributed by atoms with Crippen LogP contribution in [0.3, 0.4) is 0 Å². The highest BCUT2D eigenvalue weighted by molar-refractivity contribution is 5.25. The molecule has 0 aromatic heterocycles. The Morgan fingerprint density at radius 2 is 1.33 bits per heavy atom. The number of nitrogens with zero attached hydrogens (tertiary/aromatic N) is 1. The topological polar surface area (TPSA) is 29.3 Å². The normalized spacial score (nSPS) is 10.5. The lowest BCUT2D eigenvalue weighted by Crippen LogP contribution is -2.11. The van der Waals surface area contributed by atoms with E-state index in [4.69, 9.17) is 4.48 Å². The molecule has 0 amide bonds. The highest BCUT2D eigenvalue weighted by atomic mass is 19.3. The predicted octanol–water partition coefficient (Wildman–Crippen LogP) is 5.00. The van der Waals surface area contributed by atoms with Gasteiger partial charge in [0.1, 0.15) is 0 Å². The Balaban J connectivity index is -0.000000478. The minimum Gasteiger partial charge on any atom is -0.305 e. The summed E-state index contributed by atoms with van der Waals surface area (Å²) in [7, 11) is 3.96. The molecule has 0 heterocycles. The van der Waals surface area contributed by atoms with Crippen molar-refractivity contribution in [3.63, 3.8) is 0 Å². The van der Waals surface area contributed by atoms with E-state index >= 15 is 0 Å². The van der Waals surface area contributed by atoms with Crippen molar-refractivity contribution in [2.24, 2.45) is 5.96 Å². The quantitative estimate of drug-likeness (QED) is 0.793. The maximum absolute atomic E-state index is 12.4. The van der Waals surface area contributed by atoms with E-state index < -0.39 is 12.3 Å². The van der Waals surface area contributed by atoms with E-state index in [1.165, 1.54) is 0 Å². The molecule has 21 heavy (non-hydrogen) atoms. The van der Waals surface area contributed by atoms with Crippen molar-refractivity contribution < 1.29 is 13.3 Å². The van der Waals surface area contributed by atoms with Crippen LogP contribution in [-0.2, 0) is 6.54 Å². The summed E-state index contributed by atoms with van der Waals surface area (Å²) in [6.07, 6.45) is -2.29. The summed E-state index contributed by atoms with van der Waals surface area (Å²) in [6, 6.07) is 7.40. The van der Waals surface area contributed by atoms with E-state index in [-0.39, 0.29) is 0 Å². The van der Waals surface area contributed by atoms with Crippen LogP contribution in [0.2, 0.25) is 0 Å². The van der Waals surface area contributed by atoms with Crippen LogP contribution in [0.15, 0.2) is 24.3 Å². The molecule has 0 radical (unpaired) electrons. The monoisotopic (exact) mass is 308 g/mol. The first-order valence-corrected chi connectivity index (χ1v) is 7.24. The van der Waals surface area contributed by atoms with E-state index in [0.717, 1.165) is 12.1 Å². The smallest absolute Gasteiger partial charge is 0.245 e. The molecule has 5 heteroatoms. The van der Waals surface area contributed by atoms with E-state index in [1.54, 1.807) is 19.1 Å². The fourth-order valence-corrected chi connectivity index (χ4v) is 1.44. The third-order valence-electron chi connectivity index (χ3n) is 2.38. The molecule has 1 aromatic carbocycles. The molecular weight excluding hydrogens is 277 g/mol. The van der Waals surface area contributed by atoms with Crippen LogP contribution >= 0.6 is 0 Å². The van der Waals surface area contributed by atoms with Crippen molar-refractivity contribution >= 4 is 0 Å². The fraction of sp³-hybridized carbons (Fsp3) is 0.625. The molecule has 0 aliphatic heterocycles. The predicted molar refractivity (Wildman–Crippen MR) is 86.2 cm³/mol. The zero-order valence-corrected chi connectivity index (χ0v) is 14.3. The van der Waals surface area contributed by atoms with Crippen molar-refractivity contribution in [2.75, 3.05) is 14.1 Å². The second-order valence-corrected chi connectivity index (χ2v) is 4.10. The van der Waals surface area contributed by atoms with Gasteiger partial charge in [-0.3, -0.25) is 0 Å². The van der Waals surface area contributed by atoms with Gasteiger partial charge in [-0.15, -0.1) is 4.48 Å². The molecule has 2 nitrogen and oxygen atoms in total. The molecule has 126 valence electrons. The van der Waals surface area contributed by atoms with Crippen molar-refractivity contribution in [3.8, 4) is 0 Å². The van der Waals surface area contributed by atoms with E-state index in [1.807, 2.05) is 58.8 Å². The largest absolute Gasteiger partial charge is 0.305 e. The summed E-state index contributed by atoms with van der Waals surface area (Å²) >= 11 is 0. The zero-order valence-electron chi connectivity index (χ0n) is 14.3. The maximum Gasteiger partial charge on any atom is 0.245 e. The lowest BCUT2D eigenvalue weighted by molar-refractivity contribution is 0.121. The van der Waals surface area contributed by atoms with Crippen LogP contribution in [-0.4, -0.2) is 25.4 Å². The SMILES string of the molecule is CC.CC.CC(c1ccc(CN(C)C)cc1)C(F)F.NF. The summed E-state index contributed by atoms with van der Waals surface area (Å²) in [6.45, 7) is 10.4. The molecule has 1 aromatic rings. The van der Waals surface area contributed by atoms with Crippen molar-refractivity contribution in [1.82, 2.24) is 4.90 Å². The minimum atomic E-state index is -2.29. The number of nitrogens with two attached hydrogens (primary N) is 1. The summed E-state index contributed by atoms with van der Waals surface area (Å²) in [4.78, 5) is 2.05. The van der Waals surface area contributed by atoms with Crippen molar-refractivity contribution in [2.45, 2.75) is 53.5 Å². The Morgan fingerprint density at radius 1 is 0.952 bits per heavy atom. The standard InChI is InChI=1S/C12H17F2N.2C2H6.FH2N/c1-9(12(13)14)11-6-4-10(5-7-11)8-15(2)3;3*1-2/h4-7,9,12H,8H2,1-3H3;2*1-2H3;2H2. The molecule has 0 saturated carbocycles. The third kappa shape index (κ3) is 12.4. The first-order valence-electron chi connectivity index (χ1n) is 7.24. The van der Waals surface area contributed by atoms with Crippen LogP contribution in [0.4, 0.5) is 13.3 Å². The number of alkyl halides is 2. The first-order chi connectivity index (χ1) is 10.0. The number of benzene rings is 1. The molecule has 0 saturated heterocycles. The van der Waals surface area contributed by atoms with Gasteiger partial charge in [0.2, 0.25) is 6.43 Å². The molecule has 2 N–H and O–H groups in total. The molecule has 1 atom stereocenters. The maximum atomic E-state index is 12.4. The molecule has 0 aliphatic carbocycles. The molecule has 0 bridgehead atoms. The van der Waals surface area contributed by atoms with E-state index in [2.05, 4.69) is 5.96 Å². The van der Waals surface area contributed by atoms with Gasteiger partial charge in [-0.2, -0.15) is 5.96 Å². The molecule has 1 unspecified atom stereocenters. The Labute approximate surface area is 128 Å². The van der Waals surface area contributed by atoms with Gasteiger partial charge in [-0.1, -0.05) is 58.9 Å². The summed E-state index contributed by atoms with van der Waals surface area (Å²) in [5.74, 6) is 2.32. The number of hydrogen-bond donors (Lipinski definition) is 1. The van der Waals surface area contributed by atoms with Gasteiger partial charge >= 0.3 is 0 Å². The highest BCUT2D eigenvalue weighted by Gasteiger charge is 2.16. The minimum absolute atomic E-state index is 0.682. The van der Waals surface area contributed by atoms with Gasteiger partial charge in [-0.05, 0) is 25.2 Å². The summed E-state index contributed by atoms with van der Waals surface area (Å²) in [5, 5.41) is 0. The average molecular weight is 308 g/mol. The van der Waals surface area contributed by atoms with Crippen molar-refractivity contribution in [1.29, 1.82) is 0 Å². The average Bonchev–Trinajstić information content (AvgIpc) is 2.52. The van der Waals surface area contributed by atoms with Crippen LogP contribution in [0.5, 0.6) is 0 Å². The van der Waals surface area contributed by atoms with Gasteiger partial charge in [0.05, 0.1) is 0 Å². The zero-order chi connectivity index (χ0) is 17.4. The van der Waals surface area contributed by atoms with Gasteiger partial charge in [-0.25, -0.2) is 8.78 Å². The van der Waals surface area contributed by atoms with Gasteiger partial charge < -0.3 is 4.90 Å². The summed E-state index contributed by atoms with van der Waals surface area (Å²) < 4.78 is 33.8. The van der Waals surface area contributed by atoms with Gasteiger partial charge in [0.15, 0.2) is 0 Å². The third-order valence-corrected chi connectivity index (χ3v) is 2.38. The lowest BCUT2D eigenvalue weighted by atomic mass is 10.0. The van der Waals surface area contributed by atoms with Crippen LogP contribution in [0, 0.1) is 0 Å². The second-order valence-electron chi connectivity index (χ2n) is 4.10. The molecule has 0 spiro atoms. The van der Waals surface area contributed by atoms with E-state index in [0.29, 0.717) is 5.56 Å². The molecular formula is C16H31F3N2. The van der Waals surface area contributed by atoms with Crippen LogP contribution in [0.25, 0.3) is 0 Å². The van der Waals surface area contributed by atoms with Gasteiger partial charge in [0, 0.05) is 12.5 Å². The summed E-state index contributed by atoms with van der Waals surface area (Å²) in [5.41, 5.74) is 1.85. The Kier molecular flexibility index (Phi) is 20.2. The lowest BCUT2D eigenvalue weighted by Gasteiger charge is -2.13. The number of halogens is 3. The molecule has 0 aliphatic rings. The highest BCUT2D eigenvalue weighted by Crippen LogP contribution is 2.22. The van der Waals surface area contributed by atoms with Crippen LogP contribution < -0.4 is 5.96 Å². The van der Waals surface area contributed by atoms with Crippen molar-refractivity contribution in [3.05, 3.63) is 35.4 Å². The van der Waals surface area contributed by atoms with Gasteiger partial charge in [0.25, 0.3) is 0 Å². The molecule has 0 fully saturated rings. The fourth-order valence-electron chi connectivity index (χ4n) is 1.44. The Hall–Kier alpha value is -1.07. The molecule has 1 rings (SSSR count). The Bertz CT molecular complexity index is 301. The second kappa shape index (κ2) is 17.0. The Morgan fingerprint density at radius 3 is 1.62 bits per heavy atom. The van der Waals surface area contributed by atoms with E-state index in [9.17, 15) is 8.78 Å². The number of hydrogen-bond acceptors (Lipinski definition) is 2.